The zero-order chi connectivity index (χ0) is 38.9. The predicted molar refractivity (Wildman–Crippen MR) is 254 cm³/mol. The van der Waals surface area contributed by atoms with Crippen LogP contribution in [0.4, 0.5) is 17.1 Å². The van der Waals surface area contributed by atoms with E-state index < -0.39 is 0 Å². The number of nitrogens with zero attached hydrogens (tertiary/aromatic N) is 2. The van der Waals surface area contributed by atoms with Crippen molar-refractivity contribution in [3.8, 4) is 27.9 Å². The first-order chi connectivity index (χ1) is 29.2. The number of rotatable bonds is 6. The second kappa shape index (κ2) is 13.6. The first kappa shape index (κ1) is 33.7. The Bertz CT molecular complexity index is 3520. The monoisotopic (exact) mass is 768 g/mol. The zero-order valence-corrected chi connectivity index (χ0v) is 32.9. The molecule has 0 saturated carbocycles. The van der Waals surface area contributed by atoms with E-state index in [1.54, 1.807) is 0 Å². The van der Waals surface area contributed by atoms with Crippen LogP contribution in [0.15, 0.2) is 218 Å². The number of benzene rings is 10. The molecule has 2 aromatic heterocycles. The molecule has 0 aliphatic rings. The average molecular weight is 769 g/mol. The van der Waals surface area contributed by atoms with Crippen molar-refractivity contribution in [3.63, 3.8) is 0 Å². The van der Waals surface area contributed by atoms with Crippen molar-refractivity contribution in [2.24, 2.45) is 0 Å². The van der Waals surface area contributed by atoms with Gasteiger partial charge in [-0.15, -0.1) is 11.3 Å². The Balaban J connectivity index is 1.01. The van der Waals surface area contributed by atoms with Crippen LogP contribution in [-0.4, -0.2) is 4.57 Å². The lowest BCUT2D eigenvalue weighted by molar-refractivity contribution is 1.18. The van der Waals surface area contributed by atoms with E-state index in [0.29, 0.717) is 0 Å². The van der Waals surface area contributed by atoms with Crippen LogP contribution in [0.25, 0.3) is 91.5 Å². The first-order valence-electron chi connectivity index (χ1n) is 20.2. The summed E-state index contributed by atoms with van der Waals surface area (Å²) in [6.07, 6.45) is 0. The van der Waals surface area contributed by atoms with Crippen LogP contribution < -0.4 is 4.90 Å². The highest BCUT2D eigenvalue weighted by atomic mass is 32.1. The van der Waals surface area contributed by atoms with Crippen LogP contribution in [-0.2, 0) is 0 Å². The van der Waals surface area contributed by atoms with E-state index in [-0.39, 0.29) is 0 Å². The maximum Gasteiger partial charge on any atom is 0.0547 e. The Hall–Kier alpha value is -7.46. The standard InChI is InChI=1S/C56H36N2S/c1-3-12-37(13-4-1)38-22-28-44(29-23-38)57(51-20-11-15-40-14-7-8-18-46(40)51)45-30-24-39(25-31-45)41-26-32-52-49(34-41)50-36-48-42(35-53(50)58(52)43-16-5-2-6-17-43)27-33-55-56(48)47-19-9-10-21-54(47)59-55/h1-36H. The molecule has 0 unspecified atom stereocenters. The number of thiophene rings is 1. The Morgan fingerprint density at radius 2 is 0.949 bits per heavy atom. The Labute approximate surface area is 346 Å². The Kier molecular flexibility index (Phi) is 7.75. The van der Waals surface area contributed by atoms with E-state index in [1.807, 2.05) is 11.3 Å². The third-order valence-electron chi connectivity index (χ3n) is 12.0. The van der Waals surface area contributed by atoms with Gasteiger partial charge >= 0.3 is 0 Å². The molecule has 0 bridgehead atoms. The van der Waals surface area contributed by atoms with Gasteiger partial charge in [0.25, 0.3) is 0 Å². The minimum Gasteiger partial charge on any atom is -0.310 e. The molecule has 0 amide bonds. The van der Waals surface area contributed by atoms with Gasteiger partial charge in [-0.05, 0) is 117 Å². The third kappa shape index (κ3) is 5.55. The summed E-state index contributed by atoms with van der Waals surface area (Å²) in [6, 6.07) is 79.9. The van der Waals surface area contributed by atoms with Gasteiger partial charge in [0.2, 0.25) is 0 Å². The van der Waals surface area contributed by atoms with Crippen molar-refractivity contribution in [2.45, 2.75) is 0 Å². The number of para-hydroxylation sites is 1. The molecule has 0 aliphatic carbocycles. The van der Waals surface area contributed by atoms with Gasteiger partial charge in [0.15, 0.2) is 0 Å². The van der Waals surface area contributed by atoms with Gasteiger partial charge in [-0.1, -0.05) is 140 Å². The molecule has 0 atom stereocenters. The molecule has 0 aliphatic heterocycles. The molecule has 10 aromatic carbocycles. The summed E-state index contributed by atoms with van der Waals surface area (Å²) in [5.41, 5.74) is 11.7. The van der Waals surface area contributed by atoms with Gasteiger partial charge in [-0.25, -0.2) is 0 Å². The zero-order valence-electron chi connectivity index (χ0n) is 32.1. The van der Waals surface area contributed by atoms with Gasteiger partial charge in [0.05, 0.1) is 16.7 Å². The van der Waals surface area contributed by atoms with E-state index in [2.05, 4.69) is 228 Å². The van der Waals surface area contributed by atoms with Crippen molar-refractivity contribution in [3.05, 3.63) is 218 Å². The molecule has 59 heavy (non-hydrogen) atoms. The van der Waals surface area contributed by atoms with Crippen molar-refractivity contribution in [1.82, 2.24) is 4.57 Å². The predicted octanol–water partition coefficient (Wildman–Crippen LogP) is 16.3. The topological polar surface area (TPSA) is 8.17 Å². The molecule has 0 spiro atoms. The summed E-state index contributed by atoms with van der Waals surface area (Å²) in [5, 5.41) is 10.2. The summed E-state index contributed by atoms with van der Waals surface area (Å²) < 4.78 is 5.09. The fraction of sp³-hybridized carbons (Fsp3) is 0. The fourth-order valence-electron chi connectivity index (χ4n) is 9.16. The van der Waals surface area contributed by atoms with E-state index in [9.17, 15) is 0 Å². The highest BCUT2D eigenvalue weighted by Crippen LogP contribution is 2.44. The summed E-state index contributed by atoms with van der Waals surface area (Å²) in [4.78, 5) is 2.39. The van der Waals surface area contributed by atoms with Crippen LogP contribution in [0.5, 0.6) is 0 Å². The van der Waals surface area contributed by atoms with E-state index in [0.717, 1.165) is 22.7 Å². The number of fused-ring (bicyclic) bond motifs is 9. The summed E-state index contributed by atoms with van der Waals surface area (Å²) >= 11 is 1.88. The molecule has 12 rings (SSSR count). The normalized spacial score (nSPS) is 11.7. The van der Waals surface area contributed by atoms with E-state index in [1.165, 1.54) is 85.8 Å². The summed E-state index contributed by atoms with van der Waals surface area (Å²) in [6.45, 7) is 0. The highest BCUT2D eigenvalue weighted by molar-refractivity contribution is 7.26. The molecule has 2 heterocycles. The minimum absolute atomic E-state index is 1.11. The molecule has 3 heteroatoms. The van der Waals surface area contributed by atoms with Crippen LogP contribution in [0.3, 0.4) is 0 Å². The van der Waals surface area contributed by atoms with Gasteiger partial charge in [-0.2, -0.15) is 0 Å². The summed E-state index contributed by atoms with van der Waals surface area (Å²) in [5.74, 6) is 0. The molecule has 2 nitrogen and oxygen atoms in total. The first-order valence-corrected chi connectivity index (χ1v) is 21.0. The van der Waals surface area contributed by atoms with Crippen LogP contribution in [0, 0.1) is 0 Å². The van der Waals surface area contributed by atoms with Gasteiger partial charge in [0.1, 0.15) is 0 Å². The van der Waals surface area contributed by atoms with Crippen molar-refractivity contribution in [1.29, 1.82) is 0 Å². The van der Waals surface area contributed by atoms with Crippen molar-refractivity contribution in [2.75, 3.05) is 4.90 Å². The maximum absolute atomic E-state index is 2.45. The van der Waals surface area contributed by atoms with Crippen LogP contribution in [0.1, 0.15) is 0 Å². The molecule has 0 fully saturated rings. The number of anilines is 3. The van der Waals surface area contributed by atoms with Crippen molar-refractivity contribution < 1.29 is 0 Å². The molecule has 0 radical (unpaired) electrons. The molecular weight excluding hydrogens is 733 g/mol. The van der Waals surface area contributed by atoms with Gasteiger partial charge < -0.3 is 9.47 Å². The molecular formula is C56H36N2S. The molecule has 12 aromatic rings. The summed E-state index contributed by atoms with van der Waals surface area (Å²) in [7, 11) is 0. The fourth-order valence-corrected chi connectivity index (χ4v) is 10.3. The number of hydrogen-bond acceptors (Lipinski definition) is 2. The second-order valence-corrected chi connectivity index (χ2v) is 16.4. The molecule has 0 saturated heterocycles. The SMILES string of the molecule is c1ccc(-c2ccc(N(c3ccc(-c4ccc5c(c4)c4cc6c(ccc7sc8ccccc8c76)cc4n5-c4ccccc4)cc3)c3cccc4ccccc34)cc2)cc1. The quantitative estimate of drug-likeness (QED) is 0.164. The molecule has 0 N–H and O–H groups in total. The van der Waals surface area contributed by atoms with Crippen LogP contribution in [0.2, 0.25) is 0 Å². The van der Waals surface area contributed by atoms with Crippen LogP contribution >= 0.6 is 11.3 Å². The lowest BCUT2D eigenvalue weighted by atomic mass is 9.99. The average Bonchev–Trinajstić information content (AvgIpc) is 3.85. The number of aromatic nitrogens is 1. The number of hydrogen-bond donors (Lipinski definition) is 0. The Morgan fingerprint density at radius 1 is 0.339 bits per heavy atom. The maximum atomic E-state index is 2.45. The lowest BCUT2D eigenvalue weighted by Gasteiger charge is -2.27. The lowest BCUT2D eigenvalue weighted by Crippen LogP contribution is -2.10. The highest BCUT2D eigenvalue weighted by Gasteiger charge is 2.19. The van der Waals surface area contributed by atoms with E-state index in [4.69, 9.17) is 0 Å². The third-order valence-corrected chi connectivity index (χ3v) is 13.1. The Morgan fingerprint density at radius 3 is 1.73 bits per heavy atom. The van der Waals surface area contributed by atoms with Gasteiger partial charge in [-0.3, -0.25) is 0 Å². The van der Waals surface area contributed by atoms with E-state index >= 15 is 0 Å². The smallest absolute Gasteiger partial charge is 0.0547 e. The second-order valence-electron chi connectivity index (χ2n) is 15.3. The molecule has 276 valence electrons. The van der Waals surface area contributed by atoms with Gasteiger partial charge in [0, 0.05) is 53.4 Å². The minimum atomic E-state index is 1.11. The van der Waals surface area contributed by atoms with Crippen molar-refractivity contribution >= 4 is 91.9 Å². The largest absolute Gasteiger partial charge is 0.310 e.